The van der Waals surface area contributed by atoms with Gasteiger partial charge in [-0.15, -0.1) is 0 Å². The summed E-state index contributed by atoms with van der Waals surface area (Å²) in [5.41, 5.74) is 2.05. The van der Waals surface area contributed by atoms with Crippen LogP contribution in [-0.2, 0) is 11.8 Å². The fraction of sp³-hybridized carbons (Fsp3) is 0.467. The van der Waals surface area contributed by atoms with Gasteiger partial charge in [-0.05, 0) is 12.5 Å². The van der Waals surface area contributed by atoms with Crippen LogP contribution in [0.2, 0.25) is 0 Å². The Hall–Kier alpha value is -2.52. The second-order valence-electron chi connectivity index (χ2n) is 5.55. The molecule has 0 unspecified atom stereocenters. The third kappa shape index (κ3) is 3.69. The van der Waals surface area contributed by atoms with E-state index < -0.39 is 6.10 Å². The first kappa shape index (κ1) is 17.8. The van der Waals surface area contributed by atoms with Crippen LogP contribution >= 0.6 is 0 Å². The van der Waals surface area contributed by atoms with Gasteiger partial charge in [0.2, 0.25) is 0 Å². The number of hydrogen-bond donors (Lipinski definition) is 3. The Balaban J connectivity index is 0.000000647. The van der Waals surface area contributed by atoms with Crippen molar-refractivity contribution in [1.82, 2.24) is 19.7 Å². The minimum atomic E-state index is -0.545. The lowest BCUT2D eigenvalue weighted by molar-refractivity contribution is -0.122. The van der Waals surface area contributed by atoms with Crippen molar-refractivity contribution >= 4 is 23.4 Å². The highest BCUT2D eigenvalue weighted by Gasteiger charge is 2.30. The molecule has 1 amide bonds. The van der Waals surface area contributed by atoms with Crippen LogP contribution in [-0.4, -0.2) is 73.2 Å². The molecule has 3 heterocycles. The molecule has 0 aromatic carbocycles. The van der Waals surface area contributed by atoms with Gasteiger partial charge in [0.25, 0.3) is 12.4 Å². The highest BCUT2D eigenvalue weighted by atomic mass is 16.3. The van der Waals surface area contributed by atoms with Crippen LogP contribution in [0.3, 0.4) is 0 Å². The predicted molar refractivity (Wildman–Crippen MR) is 84.3 cm³/mol. The molecule has 1 fully saturated rings. The van der Waals surface area contributed by atoms with Crippen LogP contribution in [0.1, 0.15) is 16.8 Å². The molecule has 1 aliphatic rings. The van der Waals surface area contributed by atoms with Crippen LogP contribution < -0.4 is 0 Å². The number of aryl methyl sites for hydroxylation is 1. The Bertz CT molecular complexity index is 717. The number of rotatable bonds is 2. The minimum absolute atomic E-state index is 0.121. The lowest BCUT2D eigenvalue weighted by atomic mass is 9.95. The molecule has 0 bridgehead atoms. The smallest absolute Gasteiger partial charge is 0.290 e. The molecule has 130 valence electrons. The van der Waals surface area contributed by atoms with Crippen LogP contribution in [0.25, 0.3) is 11.0 Å². The summed E-state index contributed by atoms with van der Waals surface area (Å²) in [5, 5.41) is 30.0. The zero-order valence-corrected chi connectivity index (χ0v) is 13.2. The Morgan fingerprint density at radius 3 is 2.83 bits per heavy atom. The molecule has 1 saturated heterocycles. The van der Waals surface area contributed by atoms with Crippen molar-refractivity contribution in [2.45, 2.75) is 12.5 Å². The van der Waals surface area contributed by atoms with Gasteiger partial charge in [0.05, 0.1) is 30.0 Å². The number of aromatic nitrogens is 3. The summed E-state index contributed by atoms with van der Waals surface area (Å²) < 4.78 is 1.68. The van der Waals surface area contributed by atoms with Crippen molar-refractivity contribution < 1.29 is 24.9 Å². The first-order valence-corrected chi connectivity index (χ1v) is 7.45. The summed E-state index contributed by atoms with van der Waals surface area (Å²) in [5.74, 6) is -0.410. The van der Waals surface area contributed by atoms with Crippen molar-refractivity contribution in [2.24, 2.45) is 13.0 Å². The molecule has 1 aliphatic heterocycles. The molecule has 0 radical (unpaired) electrons. The molecule has 9 nitrogen and oxygen atoms in total. The average Bonchev–Trinajstić information content (AvgIpc) is 2.96. The lowest BCUT2D eigenvalue weighted by Crippen LogP contribution is -2.47. The molecular weight excluding hydrogens is 316 g/mol. The zero-order valence-electron chi connectivity index (χ0n) is 13.2. The van der Waals surface area contributed by atoms with E-state index in [0.717, 1.165) is 11.0 Å². The number of carbonyl (C=O) groups is 2. The Morgan fingerprint density at radius 2 is 2.17 bits per heavy atom. The van der Waals surface area contributed by atoms with E-state index in [-0.39, 0.29) is 24.9 Å². The van der Waals surface area contributed by atoms with E-state index in [2.05, 4.69) is 10.1 Å². The molecule has 24 heavy (non-hydrogen) atoms. The molecule has 3 rings (SSSR count). The summed E-state index contributed by atoms with van der Waals surface area (Å²) in [6.07, 6.45) is 3.14. The van der Waals surface area contributed by atoms with E-state index in [1.165, 1.54) is 0 Å². The van der Waals surface area contributed by atoms with Crippen LogP contribution in [0.4, 0.5) is 0 Å². The number of aliphatic hydroxyl groups excluding tert-OH is 2. The standard InChI is InChI=1S/C14H18N4O3.CH2O2/c1-17-12-4-9(5-15-11(12)6-16-17)14(21)18-3-2-13(20)10(7-18)8-19;2-1-3/h4-6,10,13,19-20H,2-3,7-8H2,1H3;1H,(H,2,3)/t10-,13-;/m0./s1. The minimum Gasteiger partial charge on any atom is -0.483 e. The second-order valence-corrected chi connectivity index (χ2v) is 5.55. The first-order chi connectivity index (χ1) is 11.5. The van der Waals surface area contributed by atoms with Gasteiger partial charge in [-0.1, -0.05) is 0 Å². The Morgan fingerprint density at radius 1 is 1.46 bits per heavy atom. The summed E-state index contributed by atoms with van der Waals surface area (Å²) in [7, 11) is 1.80. The van der Waals surface area contributed by atoms with E-state index in [1.54, 1.807) is 35.1 Å². The molecule has 0 spiro atoms. The molecule has 0 aliphatic carbocycles. The number of amides is 1. The summed E-state index contributed by atoms with van der Waals surface area (Å²) in [6.45, 7) is 0.476. The molecule has 2 aromatic rings. The third-order valence-electron chi connectivity index (χ3n) is 4.06. The third-order valence-corrected chi connectivity index (χ3v) is 4.06. The van der Waals surface area contributed by atoms with Crippen molar-refractivity contribution in [2.75, 3.05) is 19.7 Å². The Kier molecular flexibility index (Phi) is 5.83. The number of carboxylic acid groups (broad SMARTS) is 1. The number of piperidine rings is 1. The zero-order chi connectivity index (χ0) is 17.7. The van der Waals surface area contributed by atoms with Crippen LogP contribution in [0, 0.1) is 5.92 Å². The second kappa shape index (κ2) is 7.84. The van der Waals surface area contributed by atoms with Crippen LogP contribution in [0.5, 0.6) is 0 Å². The maximum atomic E-state index is 12.5. The van der Waals surface area contributed by atoms with Gasteiger partial charge in [0.15, 0.2) is 0 Å². The van der Waals surface area contributed by atoms with E-state index in [4.69, 9.17) is 9.90 Å². The van der Waals surface area contributed by atoms with Crippen molar-refractivity contribution in [1.29, 1.82) is 0 Å². The molecule has 2 aromatic heterocycles. The van der Waals surface area contributed by atoms with Crippen LogP contribution in [0.15, 0.2) is 18.5 Å². The molecule has 0 saturated carbocycles. The monoisotopic (exact) mass is 336 g/mol. The fourth-order valence-electron chi connectivity index (χ4n) is 2.71. The highest BCUT2D eigenvalue weighted by Crippen LogP contribution is 2.20. The molecule has 9 heteroatoms. The Labute approximate surface area is 138 Å². The number of fused-ring (bicyclic) bond motifs is 1. The predicted octanol–water partition coefficient (Wildman–Crippen LogP) is -0.516. The summed E-state index contributed by atoms with van der Waals surface area (Å²) in [6, 6.07) is 1.77. The van der Waals surface area contributed by atoms with Gasteiger partial charge in [0, 0.05) is 32.3 Å². The number of likely N-dealkylation sites (tertiary alicyclic amines) is 1. The van der Waals surface area contributed by atoms with Crippen molar-refractivity contribution in [3.05, 3.63) is 24.0 Å². The maximum Gasteiger partial charge on any atom is 0.290 e. The number of aliphatic hydroxyl groups is 2. The number of pyridine rings is 1. The quantitative estimate of drug-likeness (QED) is 0.630. The largest absolute Gasteiger partial charge is 0.483 e. The van der Waals surface area contributed by atoms with E-state index >= 15 is 0 Å². The molecule has 3 N–H and O–H groups in total. The van der Waals surface area contributed by atoms with Gasteiger partial charge in [0.1, 0.15) is 5.52 Å². The normalized spacial score (nSPS) is 20.4. The summed E-state index contributed by atoms with van der Waals surface area (Å²) >= 11 is 0. The summed E-state index contributed by atoms with van der Waals surface area (Å²) in [4.78, 5) is 26.8. The molecular formula is C15H20N4O5. The maximum absolute atomic E-state index is 12.5. The van der Waals surface area contributed by atoms with E-state index in [9.17, 15) is 15.0 Å². The van der Waals surface area contributed by atoms with Crippen molar-refractivity contribution in [3.63, 3.8) is 0 Å². The van der Waals surface area contributed by atoms with Gasteiger partial charge < -0.3 is 20.2 Å². The lowest BCUT2D eigenvalue weighted by Gasteiger charge is -2.35. The molecule has 2 atom stereocenters. The average molecular weight is 336 g/mol. The SMILES string of the molecule is Cn1ncc2ncc(C(=O)N3CC[C@H](O)[C@H](CO)C3)cc21.O=CO. The topological polar surface area (TPSA) is 129 Å². The first-order valence-electron chi connectivity index (χ1n) is 7.45. The fourth-order valence-corrected chi connectivity index (χ4v) is 2.71. The van der Waals surface area contributed by atoms with E-state index in [1.807, 2.05) is 0 Å². The number of nitrogens with zero attached hydrogens (tertiary/aromatic N) is 4. The van der Waals surface area contributed by atoms with Gasteiger partial charge in [-0.3, -0.25) is 19.3 Å². The van der Waals surface area contributed by atoms with E-state index in [0.29, 0.717) is 25.1 Å². The number of hydrogen-bond acceptors (Lipinski definition) is 6. The van der Waals surface area contributed by atoms with Gasteiger partial charge >= 0.3 is 0 Å². The van der Waals surface area contributed by atoms with Gasteiger partial charge in [-0.25, -0.2) is 0 Å². The highest BCUT2D eigenvalue weighted by molar-refractivity contribution is 5.96. The van der Waals surface area contributed by atoms with Crippen molar-refractivity contribution in [3.8, 4) is 0 Å². The number of carbonyl (C=O) groups excluding carboxylic acids is 1. The van der Waals surface area contributed by atoms with Gasteiger partial charge in [-0.2, -0.15) is 5.10 Å².